The van der Waals surface area contributed by atoms with Crippen LogP contribution < -0.4 is 5.32 Å². The van der Waals surface area contributed by atoms with E-state index in [-0.39, 0.29) is 5.91 Å². The molecule has 0 saturated carbocycles. The van der Waals surface area contributed by atoms with Crippen LogP contribution in [0.25, 0.3) is 17.2 Å². The van der Waals surface area contributed by atoms with Gasteiger partial charge in [-0.1, -0.05) is 35.9 Å². The summed E-state index contributed by atoms with van der Waals surface area (Å²) in [5, 5.41) is 3.42. The number of aromatic nitrogens is 1. The first-order valence-corrected chi connectivity index (χ1v) is 7.14. The average molecular weight is 313 g/mol. The van der Waals surface area contributed by atoms with Gasteiger partial charge in [0.1, 0.15) is 5.52 Å². The Kier molecular flexibility index (Phi) is 4.21. The van der Waals surface area contributed by atoms with Crippen LogP contribution in [-0.4, -0.2) is 10.9 Å². The number of nitrogens with one attached hydrogen (secondary N) is 1. The molecule has 3 rings (SSSR count). The van der Waals surface area contributed by atoms with Crippen molar-refractivity contribution in [2.24, 2.45) is 0 Å². The van der Waals surface area contributed by atoms with Crippen molar-refractivity contribution in [1.82, 2.24) is 10.3 Å². The number of oxazole rings is 1. The Balaban J connectivity index is 1.61. The molecule has 0 aliphatic rings. The van der Waals surface area contributed by atoms with E-state index in [2.05, 4.69) is 10.3 Å². The lowest BCUT2D eigenvalue weighted by Gasteiger charge is -2.02. The third-order valence-electron chi connectivity index (χ3n) is 3.04. The van der Waals surface area contributed by atoms with Gasteiger partial charge in [0.05, 0.1) is 0 Å². The molecule has 2 aromatic carbocycles. The summed E-state index contributed by atoms with van der Waals surface area (Å²) >= 11 is 5.89. The maximum absolute atomic E-state index is 11.8. The Labute approximate surface area is 132 Å². The van der Waals surface area contributed by atoms with Gasteiger partial charge in [-0.2, -0.15) is 0 Å². The van der Waals surface area contributed by atoms with Crippen molar-refractivity contribution >= 4 is 34.7 Å². The summed E-state index contributed by atoms with van der Waals surface area (Å²) in [4.78, 5) is 16.1. The molecule has 0 atom stereocenters. The number of benzene rings is 2. The van der Waals surface area contributed by atoms with Gasteiger partial charge < -0.3 is 9.73 Å². The van der Waals surface area contributed by atoms with Crippen LogP contribution in [0.5, 0.6) is 0 Å². The number of halogens is 1. The Hall–Kier alpha value is -2.59. The zero-order chi connectivity index (χ0) is 15.4. The summed E-state index contributed by atoms with van der Waals surface area (Å²) in [5.74, 6) is 0.182. The van der Waals surface area contributed by atoms with E-state index < -0.39 is 0 Å². The number of hydrogen-bond donors (Lipinski definition) is 1. The lowest BCUT2D eigenvalue weighted by Crippen LogP contribution is -2.20. The first kappa shape index (κ1) is 14.4. The van der Waals surface area contributed by atoms with Gasteiger partial charge in [0.25, 0.3) is 0 Å². The summed E-state index contributed by atoms with van der Waals surface area (Å²) in [6.45, 7) is 0.414. The fraction of sp³-hybridized carbons (Fsp3) is 0.0588. The van der Waals surface area contributed by atoms with E-state index in [0.717, 1.165) is 11.1 Å². The van der Waals surface area contributed by atoms with E-state index >= 15 is 0 Å². The largest absolute Gasteiger partial charge is 0.437 e. The normalized spacial score (nSPS) is 11.1. The minimum atomic E-state index is -0.220. The van der Waals surface area contributed by atoms with Crippen LogP contribution in [0.3, 0.4) is 0 Å². The van der Waals surface area contributed by atoms with E-state index in [1.54, 1.807) is 12.1 Å². The lowest BCUT2D eigenvalue weighted by molar-refractivity contribution is -0.116. The molecule has 1 amide bonds. The number of fused-ring (bicyclic) bond motifs is 1. The molecule has 5 heteroatoms. The van der Waals surface area contributed by atoms with Crippen molar-refractivity contribution in [3.8, 4) is 0 Å². The quantitative estimate of drug-likeness (QED) is 0.745. The number of rotatable bonds is 4. The summed E-state index contributed by atoms with van der Waals surface area (Å²) in [6.07, 6.45) is 2.95. The fourth-order valence-electron chi connectivity index (χ4n) is 2.00. The highest BCUT2D eigenvalue weighted by molar-refractivity contribution is 6.30. The molecule has 0 aliphatic heterocycles. The molecule has 0 spiro atoms. The maximum atomic E-state index is 11.8. The summed E-state index contributed by atoms with van der Waals surface area (Å²) in [7, 11) is 0. The topological polar surface area (TPSA) is 55.1 Å². The Bertz CT molecular complexity index is 806. The molecule has 3 aromatic rings. The van der Waals surface area contributed by atoms with Crippen LogP contribution in [0.1, 0.15) is 11.5 Å². The molecular weight excluding hydrogens is 300 g/mol. The number of carbonyl (C=O) groups excluding carboxylic acids is 1. The van der Waals surface area contributed by atoms with Crippen LogP contribution in [0.2, 0.25) is 5.02 Å². The van der Waals surface area contributed by atoms with Crippen molar-refractivity contribution in [3.05, 3.63) is 71.1 Å². The summed E-state index contributed by atoms with van der Waals surface area (Å²) in [6, 6.07) is 14.8. The highest BCUT2D eigenvalue weighted by atomic mass is 35.5. The van der Waals surface area contributed by atoms with E-state index in [4.69, 9.17) is 16.0 Å². The Morgan fingerprint density at radius 2 is 2.09 bits per heavy atom. The fourth-order valence-corrected chi connectivity index (χ4v) is 2.22. The summed E-state index contributed by atoms with van der Waals surface area (Å²) in [5.41, 5.74) is 2.40. The molecule has 1 N–H and O–H groups in total. The highest BCUT2D eigenvalue weighted by Crippen LogP contribution is 2.15. The second-order valence-corrected chi connectivity index (χ2v) is 5.14. The van der Waals surface area contributed by atoms with Crippen molar-refractivity contribution in [2.75, 3.05) is 0 Å². The first-order chi connectivity index (χ1) is 10.7. The molecule has 4 nitrogen and oxygen atoms in total. The second-order valence-electron chi connectivity index (χ2n) is 4.70. The smallest absolute Gasteiger partial charge is 0.244 e. The first-order valence-electron chi connectivity index (χ1n) is 6.77. The van der Waals surface area contributed by atoms with Crippen molar-refractivity contribution in [2.45, 2.75) is 6.54 Å². The molecule has 0 fully saturated rings. The average Bonchev–Trinajstić information content (AvgIpc) is 2.94. The van der Waals surface area contributed by atoms with Gasteiger partial charge in [0.15, 0.2) is 5.58 Å². The molecule has 0 unspecified atom stereocenters. The van der Waals surface area contributed by atoms with Crippen LogP contribution in [0, 0.1) is 0 Å². The third-order valence-corrected chi connectivity index (χ3v) is 3.28. The SMILES string of the molecule is O=C(/C=C/c1nc2ccccc2o1)NCc1cccc(Cl)c1. The molecular formula is C17H13ClN2O2. The monoisotopic (exact) mass is 312 g/mol. The molecule has 22 heavy (non-hydrogen) atoms. The molecule has 110 valence electrons. The van der Waals surface area contributed by atoms with Crippen LogP contribution in [-0.2, 0) is 11.3 Å². The van der Waals surface area contributed by atoms with Gasteiger partial charge in [-0.05, 0) is 29.8 Å². The summed E-state index contributed by atoms with van der Waals surface area (Å²) < 4.78 is 5.50. The molecule has 0 bridgehead atoms. The Morgan fingerprint density at radius 3 is 2.91 bits per heavy atom. The predicted molar refractivity (Wildman–Crippen MR) is 86.3 cm³/mol. The van der Waals surface area contributed by atoms with Gasteiger partial charge in [-0.25, -0.2) is 4.98 Å². The number of nitrogens with zero attached hydrogens (tertiary/aromatic N) is 1. The molecule has 0 saturated heterocycles. The lowest BCUT2D eigenvalue weighted by atomic mass is 10.2. The minimum Gasteiger partial charge on any atom is -0.437 e. The second kappa shape index (κ2) is 6.45. The van der Waals surface area contributed by atoms with E-state index in [1.807, 2.05) is 42.5 Å². The molecule has 0 radical (unpaired) electrons. The Morgan fingerprint density at radius 1 is 1.23 bits per heavy atom. The van der Waals surface area contributed by atoms with Crippen LogP contribution >= 0.6 is 11.6 Å². The van der Waals surface area contributed by atoms with Gasteiger partial charge in [-0.15, -0.1) is 0 Å². The van der Waals surface area contributed by atoms with E-state index in [9.17, 15) is 4.79 Å². The molecule has 0 aliphatic carbocycles. The number of amides is 1. The van der Waals surface area contributed by atoms with E-state index in [0.29, 0.717) is 23.0 Å². The maximum Gasteiger partial charge on any atom is 0.244 e. The van der Waals surface area contributed by atoms with Crippen molar-refractivity contribution in [3.63, 3.8) is 0 Å². The van der Waals surface area contributed by atoms with Crippen molar-refractivity contribution < 1.29 is 9.21 Å². The number of para-hydroxylation sites is 2. The minimum absolute atomic E-state index is 0.220. The van der Waals surface area contributed by atoms with Gasteiger partial charge in [-0.3, -0.25) is 4.79 Å². The van der Waals surface area contributed by atoms with Crippen LogP contribution in [0.4, 0.5) is 0 Å². The van der Waals surface area contributed by atoms with Gasteiger partial charge >= 0.3 is 0 Å². The highest BCUT2D eigenvalue weighted by Gasteiger charge is 2.02. The van der Waals surface area contributed by atoms with Crippen molar-refractivity contribution in [1.29, 1.82) is 0 Å². The zero-order valence-corrected chi connectivity index (χ0v) is 12.4. The number of carbonyl (C=O) groups is 1. The molecule has 1 aromatic heterocycles. The predicted octanol–water partition coefficient (Wildman–Crippen LogP) is 3.81. The van der Waals surface area contributed by atoms with Crippen LogP contribution in [0.15, 0.2) is 59.0 Å². The van der Waals surface area contributed by atoms with E-state index in [1.165, 1.54) is 6.08 Å². The molecule has 1 heterocycles. The standard InChI is InChI=1S/C17H13ClN2O2/c18-13-5-3-4-12(10-13)11-19-16(21)8-9-17-20-14-6-1-2-7-15(14)22-17/h1-10H,11H2,(H,19,21)/b9-8+. The third kappa shape index (κ3) is 3.54. The zero-order valence-electron chi connectivity index (χ0n) is 11.6. The van der Waals surface area contributed by atoms with Gasteiger partial charge in [0, 0.05) is 23.7 Å². The number of hydrogen-bond acceptors (Lipinski definition) is 3. The van der Waals surface area contributed by atoms with Gasteiger partial charge in [0.2, 0.25) is 11.8 Å².